The van der Waals surface area contributed by atoms with Crippen LogP contribution in [-0.4, -0.2) is 19.1 Å². The van der Waals surface area contributed by atoms with Crippen LogP contribution >= 0.6 is 0 Å². The van der Waals surface area contributed by atoms with Gasteiger partial charge in [-0.25, -0.2) is 0 Å². The summed E-state index contributed by atoms with van der Waals surface area (Å²) in [6.07, 6.45) is 0. The first kappa shape index (κ1) is 43.4. The van der Waals surface area contributed by atoms with Gasteiger partial charge in [0.15, 0.2) is 0 Å². The molecule has 0 spiro atoms. The van der Waals surface area contributed by atoms with Gasteiger partial charge in [-0.3, -0.25) is 9.97 Å². The molecule has 11 aromatic rings. The van der Waals surface area contributed by atoms with Gasteiger partial charge in [0.25, 0.3) is 0 Å². The summed E-state index contributed by atoms with van der Waals surface area (Å²) in [6, 6.07) is 61.8. The number of aromatic nitrogens is 4. The topological polar surface area (TPSA) is 48.8 Å². The number of para-hydroxylation sites is 6. The summed E-state index contributed by atoms with van der Waals surface area (Å²) in [5.74, 6) is 2.85. The van der Waals surface area contributed by atoms with E-state index in [4.69, 9.17) is 18.5 Å². The molecule has 0 amide bonds. The fourth-order valence-corrected chi connectivity index (χ4v) is 9.77. The van der Waals surface area contributed by atoms with Gasteiger partial charge in [0, 0.05) is 51.9 Å². The predicted molar refractivity (Wildman–Crippen MR) is 284 cm³/mol. The van der Waals surface area contributed by atoms with Gasteiger partial charge < -0.3 is 13.6 Å². The van der Waals surface area contributed by atoms with E-state index in [1.165, 1.54) is 38.7 Å². The molecule has 0 atom stereocenters. The van der Waals surface area contributed by atoms with Crippen LogP contribution in [0.5, 0.6) is 0 Å². The first-order valence-corrected chi connectivity index (χ1v) is 23.9. The molecule has 0 unspecified atom stereocenters. The van der Waals surface area contributed by atoms with Gasteiger partial charge in [-0.05, 0) is 82.3 Å². The fourth-order valence-electron chi connectivity index (χ4n) is 9.77. The predicted octanol–water partition coefficient (Wildman–Crippen LogP) is 17.4. The molecular formula is C63H58IrN4O-2. The van der Waals surface area contributed by atoms with E-state index in [0.717, 1.165) is 67.3 Å². The van der Waals surface area contributed by atoms with Crippen molar-refractivity contribution in [2.45, 2.75) is 85.9 Å². The van der Waals surface area contributed by atoms with Crippen LogP contribution in [0.4, 0.5) is 0 Å². The molecule has 0 aliphatic heterocycles. The van der Waals surface area contributed by atoms with Gasteiger partial charge in [-0.15, -0.1) is 65.2 Å². The van der Waals surface area contributed by atoms with Crippen molar-refractivity contribution in [3.63, 3.8) is 0 Å². The number of fused-ring (bicyclic) bond motifs is 5. The number of hydrogen-bond donors (Lipinski definition) is 0. The van der Waals surface area contributed by atoms with Crippen molar-refractivity contribution in [2.75, 3.05) is 0 Å². The molecule has 5 nitrogen and oxygen atoms in total. The van der Waals surface area contributed by atoms with Gasteiger partial charge >= 0.3 is 0 Å². The summed E-state index contributed by atoms with van der Waals surface area (Å²) < 4.78 is 35.5. The standard InChI is InChI=1S/C32H31N2.C31H27N2O.Ir/c1-21(2)26-14-11-15-27(22(3)4)31(26)34-30-17-10-9-16-29(30)33-32(34)25-19-18-23(5)28(20-25)24-12-7-6-8-13-24;1-19(2)23-18-24-22-14-8-11-17-27(22)34-30(24)28(20(3)4)29(23)33-26-16-10-9-15-25(26)32-31(33)21-12-6-5-7-13-21;/h6-18,20-22H,1-5H3;5-12,14-20H,1-4H3;/q2*-1;/i5D3;;. The molecule has 0 aliphatic carbocycles. The Balaban J connectivity index is 0.000000176. The quantitative estimate of drug-likeness (QED) is 0.135. The molecule has 0 bridgehead atoms. The SMILES string of the molecule is CC(C)c1cc2c(oc3ccccc32)c(C(C)C)c1-n1c(-c2[c-]cccc2)nc2ccccc21.[2H]C([2H])([2H])c1c[c-]c(-c2nc3ccccc3n2-c2c(C(C)C)cccc2C(C)C)cc1-c1ccccc1.[Ir]. The zero-order chi connectivity index (χ0) is 49.7. The smallest absolute Gasteiger partial charge is 0.140 e. The summed E-state index contributed by atoms with van der Waals surface area (Å²) in [4.78, 5) is 10.2. The summed E-state index contributed by atoms with van der Waals surface area (Å²) in [6.45, 7) is 15.6. The maximum absolute atomic E-state index is 8.15. The van der Waals surface area contributed by atoms with Gasteiger partial charge in [-0.2, -0.15) is 0 Å². The molecule has 11 rings (SSSR count). The molecule has 0 saturated heterocycles. The second kappa shape index (κ2) is 19.6. The average Bonchev–Trinajstić information content (AvgIpc) is 4.07. The van der Waals surface area contributed by atoms with Crippen LogP contribution in [0.25, 0.3) is 89.3 Å². The minimum absolute atomic E-state index is 0. The van der Waals surface area contributed by atoms with Crippen LogP contribution in [0.15, 0.2) is 168 Å². The van der Waals surface area contributed by atoms with E-state index in [1.54, 1.807) is 6.07 Å². The van der Waals surface area contributed by atoms with Crippen LogP contribution in [0.3, 0.4) is 0 Å². The van der Waals surface area contributed by atoms with Gasteiger partial charge in [-0.1, -0.05) is 159 Å². The molecule has 3 aromatic heterocycles. The molecule has 0 aliphatic rings. The molecule has 3 heterocycles. The molecule has 0 N–H and O–H groups in total. The third-order valence-electron chi connectivity index (χ3n) is 13.0. The van der Waals surface area contributed by atoms with Gasteiger partial charge in [0.2, 0.25) is 0 Å². The van der Waals surface area contributed by atoms with Crippen LogP contribution in [0.2, 0.25) is 0 Å². The van der Waals surface area contributed by atoms with E-state index in [-0.39, 0.29) is 31.6 Å². The Hall–Kier alpha value is -6.85. The molecule has 347 valence electrons. The van der Waals surface area contributed by atoms with E-state index in [1.807, 2.05) is 84.9 Å². The van der Waals surface area contributed by atoms with Gasteiger partial charge in [0.05, 0.1) is 33.7 Å². The molecule has 69 heavy (non-hydrogen) atoms. The Morgan fingerprint density at radius 1 is 0.522 bits per heavy atom. The number of nitrogens with zero attached hydrogens (tertiary/aromatic N) is 4. The summed E-state index contributed by atoms with van der Waals surface area (Å²) >= 11 is 0. The third kappa shape index (κ3) is 8.66. The van der Waals surface area contributed by atoms with Crippen molar-refractivity contribution >= 4 is 44.0 Å². The zero-order valence-corrected chi connectivity index (χ0v) is 42.8. The average molecular weight is 1080 g/mol. The van der Waals surface area contributed by atoms with Crippen molar-refractivity contribution in [3.8, 4) is 45.3 Å². The Morgan fingerprint density at radius 2 is 1.10 bits per heavy atom. The largest absolute Gasteiger partial charge is 0.456 e. The van der Waals surface area contributed by atoms with Crippen molar-refractivity contribution in [2.24, 2.45) is 0 Å². The molecule has 6 heteroatoms. The van der Waals surface area contributed by atoms with E-state index < -0.39 is 6.85 Å². The number of aryl methyl sites for hydroxylation is 1. The third-order valence-corrected chi connectivity index (χ3v) is 13.0. The second-order valence-electron chi connectivity index (χ2n) is 18.9. The van der Waals surface area contributed by atoms with Gasteiger partial charge in [0.1, 0.15) is 11.2 Å². The monoisotopic (exact) mass is 1080 g/mol. The number of rotatable bonds is 9. The molecule has 0 saturated carbocycles. The van der Waals surface area contributed by atoms with Crippen LogP contribution in [0.1, 0.15) is 111 Å². The summed E-state index contributed by atoms with van der Waals surface area (Å²) in [5.41, 5.74) is 16.8. The number of hydrogen-bond acceptors (Lipinski definition) is 3. The van der Waals surface area contributed by atoms with E-state index in [9.17, 15) is 0 Å². The Bertz CT molecular complexity index is 3690. The van der Waals surface area contributed by atoms with Crippen LogP contribution in [-0.2, 0) is 20.1 Å². The van der Waals surface area contributed by atoms with Crippen LogP contribution < -0.4 is 0 Å². The molecule has 1 radical (unpaired) electrons. The maximum Gasteiger partial charge on any atom is 0.140 e. The minimum atomic E-state index is -2.25. The number of imidazole rings is 2. The van der Waals surface area contributed by atoms with Crippen molar-refractivity contribution < 1.29 is 28.6 Å². The summed E-state index contributed by atoms with van der Waals surface area (Å²) in [5, 5.41) is 2.35. The first-order valence-electron chi connectivity index (χ1n) is 25.4. The fraction of sp³-hybridized carbons (Fsp3) is 0.206. The van der Waals surface area contributed by atoms with E-state index in [2.05, 4.69) is 149 Å². The molecular weight excluding hydrogens is 1020 g/mol. The Kier molecular flexibility index (Phi) is 12.4. The van der Waals surface area contributed by atoms with Crippen molar-refractivity contribution in [1.29, 1.82) is 0 Å². The molecule has 0 fully saturated rings. The normalized spacial score (nSPS) is 12.5. The number of furan rings is 1. The zero-order valence-electron chi connectivity index (χ0n) is 43.4. The van der Waals surface area contributed by atoms with Crippen molar-refractivity contribution in [1.82, 2.24) is 19.1 Å². The molecule has 8 aromatic carbocycles. The van der Waals surface area contributed by atoms with E-state index in [0.29, 0.717) is 23.3 Å². The summed E-state index contributed by atoms with van der Waals surface area (Å²) in [7, 11) is 0. The second-order valence-corrected chi connectivity index (χ2v) is 18.9. The van der Waals surface area contributed by atoms with Crippen molar-refractivity contribution in [3.05, 3.63) is 204 Å². The minimum Gasteiger partial charge on any atom is -0.456 e. The first-order chi connectivity index (χ1) is 34.2. The Labute approximate surface area is 424 Å². The van der Waals surface area contributed by atoms with E-state index >= 15 is 0 Å². The maximum atomic E-state index is 8.15. The Morgan fingerprint density at radius 3 is 1.71 bits per heavy atom. The number of benzene rings is 8. The van der Waals surface area contributed by atoms with Crippen LogP contribution in [0, 0.1) is 19.0 Å².